The first-order valence-electron chi connectivity index (χ1n) is 9.41. The predicted octanol–water partition coefficient (Wildman–Crippen LogP) is 1.03. The van der Waals surface area contributed by atoms with Crippen LogP contribution in [0.5, 0.6) is 11.5 Å². The summed E-state index contributed by atoms with van der Waals surface area (Å²) in [6.07, 6.45) is 6.02. The van der Waals surface area contributed by atoms with Crippen LogP contribution in [0.15, 0.2) is 4.99 Å². The van der Waals surface area contributed by atoms with Gasteiger partial charge in [0.25, 0.3) is 0 Å². The van der Waals surface area contributed by atoms with Crippen LogP contribution in [0.1, 0.15) is 24.0 Å². The number of terminal acetylenes is 1. The van der Waals surface area contributed by atoms with Crippen LogP contribution < -0.4 is 10.6 Å². The molecular weight excluding hydrogens is 376 g/mol. The zero-order chi connectivity index (χ0) is 21.1. The van der Waals surface area contributed by atoms with E-state index < -0.39 is 17.7 Å². The number of amides is 1. The van der Waals surface area contributed by atoms with Crippen LogP contribution in [-0.2, 0) is 15.9 Å². The largest absolute Gasteiger partial charge is 0.505 e. The number of methoxy groups -OCH3 is 1. The Labute approximate surface area is 168 Å². The number of aromatic hydroxyl groups is 2. The normalized spacial score (nSPS) is 31.3. The van der Waals surface area contributed by atoms with Crippen molar-refractivity contribution >= 4 is 23.7 Å². The first-order chi connectivity index (χ1) is 13.8. The second kappa shape index (κ2) is 6.54. The number of fused-ring (bicyclic) bond motifs is 5. The number of aliphatic imine (C=N–C) groups is 1. The predicted molar refractivity (Wildman–Crippen MR) is 107 cm³/mol. The van der Waals surface area contributed by atoms with Crippen molar-refractivity contribution in [3.05, 3.63) is 11.1 Å². The average Bonchev–Trinajstić information content (AvgIpc) is 3.08. The molecule has 4 N–H and O–H groups in total. The molecule has 4 rings (SSSR count). The monoisotopic (exact) mass is 400 g/mol. The summed E-state index contributed by atoms with van der Waals surface area (Å²) in [4.78, 5) is 19.7. The van der Waals surface area contributed by atoms with Gasteiger partial charge in [-0.15, -0.1) is 6.42 Å². The fraction of sp³-hybridized carbons (Fsp3) is 0.500. The van der Waals surface area contributed by atoms with Gasteiger partial charge in [-0.1, -0.05) is 12.8 Å². The van der Waals surface area contributed by atoms with Crippen LogP contribution >= 0.6 is 0 Å². The van der Waals surface area contributed by atoms with Crippen molar-refractivity contribution in [2.45, 2.75) is 37.1 Å². The van der Waals surface area contributed by atoms with Gasteiger partial charge < -0.3 is 30.3 Å². The Balaban J connectivity index is 1.97. The van der Waals surface area contributed by atoms with Crippen LogP contribution in [0.4, 0.5) is 16.2 Å². The van der Waals surface area contributed by atoms with E-state index in [-0.39, 0.29) is 35.9 Å². The summed E-state index contributed by atoms with van der Waals surface area (Å²) in [6, 6.07) is 0.257. The topological polar surface area (TPSA) is 121 Å². The maximum atomic E-state index is 11.3. The van der Waals surface area contributed by atoms with Gasteiger partial charge in [-0.05, 0) is 13.5 Å². The van der Waals surface area contributed by atoms with Crippen LogP contribution in [0.25, 0.3) is 0 Å². The van der Waals surface area contributed by atoms with Gasteiger partial charge in [0.2, 0.25) is 0 Å². The summed E-state index contributed by atoms with van der Waals surface area (Å²) in [5.74, 6) is 1.64. The second-order valence-electron chi connectivity index (χ2n) is 7.49. The number of phenols is 2. The highest BCUT2D eigenvalue weighted by molar-refractivity contribution is 5.88. The molecule has 1 aromatic carbocycles. The summed E-state index contributed by atoms with van der Waals surface area (Å²) in [6.45, 7) is 2.36. The van der Waals surface area contributed by atoms with E-state index in [0.717, 1.165) is 0 Å². The third kappa shape index (κ3) is 2.36. The third-order valence-corrected chi connectivity index (χ3v) is 6.44. The van der Waals surface area contributed by atoms with Gasteiger partial charge in [-0.25, -0.2) is 9.79 Å². The summed E-state index contributed by atoms with van der Waals surface area (Å²) in [5, 5.41) is 22.3. The van der Waals surface area contributed by atoms with Crippen molar-refractivity contribution in [2.24, 2.45) is 10.7 Å². The number of hydrogen-bond acceptors (Lipinski definition) is 8. The Hall–Kier alpha value is -2.96. The van der Waals surface area contributed by atoms with E-state index in [1.54, 1.807) is 7.11 Å². The molecule has 0 spiro atoms. The maximum absolute atomic E-state index is 11.3. The van der Waals surface area contributed by atoms with Gasteiger partial charge >= 0.3 is 6.09 Å². The lowest BCUT2D eigenvalue weighted by Gasteiger charge is -2.39. The lowest BCUT2D eigenvalue weighted by atomic mass is 9.87. The van der Waals surface area contributed by atoms with E-state index in [0.29, 0.717) is 29.8 Å². The zero-order valence-corrected chi connectivity index (χ0v) is 16.5. The number of nitrogens with zero attached hydrogens (tertiary/aromatic N) is 3. The molecule has 9 nitrogen and oxygen atoms in total. The Morgan fingerprint density at radius 2 is 2.21 bits per heavy atom. The number of hydrogen-bond donors (Lipinski definition) is 3. The number of rotatable bonds is 5. The standard InChI is InChI=1S/C20H24N4O5/c1-5-7-22-14-10(6-2)16(25)15-13(17(14)26)11(9-29-19(21)27)20(28-4)18-12(23(18)3)8-24(15)20/h1,7,11-12,18,25-26H,6,8-9H2,2-4H3,(H2,21,27). The Bertz CT molecular complexity index is 955. The first kappa shape index (κ1) is 19.4. The molecule has 29 heavy (non-hydrogen) atoms. The molecule has 5 unspecified atom stereocenters. The molecule has 0 saturated carbocycles. The van der Waals surface area contributed by atoms with Gasteiger partial charge in [0.1, 0.15) is 23.8 Å². The van der Waals surface area contributed by atoms with Crippen LogP contribution in [-0.4, -0.2) is 72.5 Å². The molecule has 0 bridgehead atoms. The molecular formula is C20H24N4O5. The van der Waals surface area contributed by atoms with E-state index >= 15 is 0 Å². The minimum atomic E-state index is -0.922. The number of likely N-dealkylation sites (N-methyl/N-ethyl adjacent to an activating group) is 1. The lowest BCUT2D eigenvalue weighted by molar-refractivity contribution is -0.0429. The third-order valence-electron chi connectivity index (χ3n) is 6.44. The number of anilines is 1. The van der Waals surface area contributed by atoms with E-state index in [4.69, 9.17) is 21.6 Å². The Morgan fingerprint density at radius 1 is 1.48 bits per heavy atom. The number of nitrogens with two attached hydrogens (primary N) is 1. The fourth-order valence-corrected chi connectivity index (χ4v) is 5.24. The van der Waals surface area contributed by atoms with E-state index in [2.05, 4.69) is 15.8 Å². The molecule has 154 valence electrons. The van der Waals surface area contributed by atoms with E-state index in [9.17, 15) is 15.0 Å². The number of carbonyl (C=O) groups excluding carboxylic acids is 1. The Kier molecular flexibility index (Phi) is 4.37. The van der Waals surface area contributed by atoms with Gasteiger partial charge in [0, 0.05) is 30.8 Å². The van der Waals surface area contributed by atoms with Gasteiger partial charge in [0.05, 0.1) is 23.9 Å². The van der Waals surface area contributed by atoms with Crippen molar-refractivity contribution in [3.63, 3.8) is 0 Å². The summed E-state index contributed by atoms with van der Waals surface area (Å²) >= 11 is 0. The molecule has 2 fully saturated rings. The minimum absolute atomic E-state index is 0.0166. The summed E-state index contributed by atoms with van der Waals surface area (Å²) < 4.78 is 11.2. The van der Waals surface area contributed by atoms with Crippen LogP contribution in [0.2, 0.25) is 0 Å². The second-order valence-corrected chi connectivity index (χ2v) is 7.49. The molecule has 9 heteroatoms. The number of piperazine rings is 1. The number of benzene rings is 1. The molecule has 3 aliphatic rings. The highest BCUT2D eigenvalue weighted by Crippen LogP contribution is 2.66. The molecule has 1 aromatic rings. The lowest BCUT2D eigenvalue weighted by Crippen LogP contribution is -2.54. The van der Waals surface area contributed by atoms with E-state index in [1.165, 1.54) is 6.21 Å². The van der Waals surface area contributed by atoms with E-state index in [1.807, 2.05) is 18.9 Å². The molecule has 0 aromatic heterocycles. The quantitative estimate of drug-likeness (QED) is 0.292. The highest BCUT2D eigenvalue weighted by Gasteiger charge is 2.74. The molecule has 3 aliphatic heterocycles. The molecule has 1 amide bonds. The van der Waals surface area contributed by atoms with Gasteiger partial charge in [0.15, 0.2) is 5.72 Å². The molecule has 0 radical (unpaired) electrons. The van der Waals surface area contributed by atoms with Crippen molar-refractivity contribution in [2.75, 3.05) is 32.2 Å². The number of carbonyl (C=O) groups is 1. The average molecular weight is 400 g/mol. The number of ether oxygens (including phenoxy) is 2. The van der Waals surface area contributed by atoms with Crippen molar-refractivity contribution < 1.29 is 24.5 Å². The molecule has 3 heterocycles. The highest BCUT2D eigenvalue weighted by atomic mass is 16.6. The van der Waals surface area contributed by atoms with Crippen molar-refractivity contribution in [1.29, 1.82) is 0 Å². The first-order valence-corrected chi connectivity index (χ1v) is 9.41. The fourth-order valence-electron chi connectivity index (χ4n) is 5.24. The van der Waals surface area contributed by atoms with Crippen LogP contribution in [0, 0.1) is 12.3 Å². The zero-order valence-electron chi connectivity index (χ0n) is 16.5. The number of primary amides is 1. The van der Waals surface area contributed by atoms with Gasteiger partial charge in [-0.3, -0.25) is 4.90 Å². The maximum Gasteiger partial charge on any atom is 0.404 e. The molecule has 2 saturated heterocycles. The minimum Gasteiger partial charge on any atom is -0.505 e. The van der Waals surface area contributed by atoms with Crippen LogP contribution in [0.3, 0.4) is 0 Å². The smallest absolute Gasteiger partial charge is 0.404 e. The summed E-state index contributed by atoms with van der Waals surface area (Å²) in [5.41, 5.74) is 5.90. The number of phenolic OH excluding ortho intramolecular Hbond substituents is 2. The molecule has 0 aliphatic carbocycles. The van der Waals surface area contributed by atoms with Crippen molar-refractivity contribution in [1.82, 2.24) is 4.90 Å². The summed E-state index contributed by atoms with van der Waals surface area (Å²) in [7, 11) is 3.57. The SMILES string of the molecule is C#CC=Nc1c(O)c2c(c(O)c1CC)N1CC3C(N3C)C1(OC)C2COC(N)=O. The van der Waals surface area contributed by atoms with Gasteiger partial charge in [-0.2, -0.15) is 0 Å². The molecule has 5 atom stereocenters. The van der Waals surface area contributed by atoms with Crippen molar-refractivity contribution in [3.8, 4) is 23.8 Å². The Morgan fingerprint density at radius 3 is 2.79 bits per heavy atom.